The van der Waals surface area contributed by atoms with Crippen molar-refractivity contribution in [3.8, 4) is 0 Å². The molecule has 2 aromatic rings. The van der Waals surface area contributed by atoms with Gasteiger partial charge >= 0.3 is 24.1 Å². The number of methoxy groups -OCH3 is 1. The summed E-state index contributed by atoms with van der Waals surface area (Å²) < 4.78 is 61.1. The number of amides is 5. The third kappa shape index (κ3) is 19.1. The number of fused-ring (bicyclic) bond motifs is 5. The van der Waals surface area contributed by atoms with Crippen LogP contribution in [-0.2, 0) is 65.3 Å². The van der Waals surface area contributed by atoms with Crippen LogP contribution in [0.1, 0.15) is 116 Å². The van der Waals surface area contributed by atoms with Crippen molar-refractivity contribution < 1.29 is 75.9 Å². The van der Waals surface area contributed by atoms with E-state index >= 15 is 8.78 Å². The fraction of sp³-hybridized carbons (Fsp3) is 0.593. The smallest absolute Gasteiger partial charge is 0.412 e. The number of rotatable bonds is 24. The molecule has 4 bridgehead atoms. The van der Waals surface area contributed by atoms with Crippen LogP contribution in [-0.4, -0.2) is 132 Å². The van der Waals surface area contributed by atoms with Crippen LogP contribution in [0.5, 0.6) is 0 Å². The van der Waals surface area contributed by atoms with Gasteiger partial charge in [-0.15, -0.1) is 0 Å². The number of unbranched alkanes of at least 4 members (excludes halogenated alkanes) is 2. The number of allylic oxidation sites excluding steroid dienone is 3. The Kier molecular flexibility index (Phi) is 25.7. The largest absolute Gasteiger partial charge is 0.465 e. The van der Waals surface area contributed by atoms with E-state index in [1.54, 1.807) is 52.8 Å². The normalized spacial score (nSPS) is 24.6. The summed E-state index contributed by atoms with van der Waals surface area (Å²) >= 11 is 13.4. The number of nitrogens with one attached hydrogen (secondary N) is 3. The second-order valence-corrected chi connectivity index (χ2v) is 24.1. The Balaban J connectivity index is 1.33. The van der Waals surface area contributed by atoms with Gasteiger partial charge in [-0.05, 0) is 94.0 Å². The number of anilines is 2. The number of nitrogens with two attached hydrogens (primary N) is 1. The molecule has 19 nitrogen and oxygen atoms in total. The molecule has 24 heteroatoms. The fourth-order valence-electron chi connectivity index (χ4n) is 10.4. The zero-order valence-corrected chi connectivity index (χ0v) is 52.1. The molecule has 0 aliphatic carbocycles. The minimum absolute atomic E-state index is 0.0250. The topological polar surface area (TPSA) is 272 Å². The van der Waals surface area contributed by atoms with Gasteiger partial charge < -0.3 is 50.1 Å². The van der Waals surface area contributed by atoms with E-state index in [1.807, 2.05) is 19.1 Å². The first kappa shape index (κ1) is 68.5. The van der Waals surface area contributed by atoms with E-state index in [-0.39, 0.29) is 75.3 Å². The summed E-state index contributed by atoms with van der Waals surface area (Å²) in [6.07, 6.45) is 0.437. The second-order valence-electron chi connectivity index (χ2n) is 22.4. The quantitative estimate of drug-likeness (QED) is 0.0216. The van der Waals surface area contributed by atoms with E-state index in [1.165, 1.54) is 19.1 Å². The number of ketones is 2. The molecule has 0 spiro atoms. The summed E-state index contributed by atoms with van der Waals surface area (Å²) in [4.78, 5) is 107. The number of Topliss-reactive ketones (excluding diaryl/α,β-unsaturated/α-hetero) is 2. The zero-order valence-electron chi connectivity index (χ0n) is 48.2. The average molecular weight is 1310 g/mol. The highest BCUT2D eigenvalue weighted by Crippen LogP contribution is 2.50. The van der Waals surface area contributed by atoms with E-state index < -0.39 is 125 Å². The number of benzene rings is 2. The number of aryl methyl sites for hydroxylation is 1. The Bertz CT molecular complexity index is 2770. The van der Waals surface area contributed by atoms with E-state index in [2.05, 4.69) is 47.8 Å². The molecule has 3 aliphatic heterocycles. The van der Waals surface area contributed by atoms with Crippen LogP contribution in [0, 0.1) is 42.2 Å². The number of esters is 2. The number of nitrogens with zero attached hydrogens (tertiary/aromatic N) is 1. The van der Waals surface area contributed by atoms with Crippen LogP contribution in [0.4, 0.5) is 29.7 Å². The molecule has 0 aromatic heterocycles. The monoisotopic (exact) mass is 1310 g/mol. The minimum atomic E-state index is -1.69. The fourth-order valence-corrected chi connectivity index (χ4v) is 12.3. The van der Waals surface area contributed by atoms with E-state index in [9.17, 15) is 43.5 Å². The Morgan fingerprint density at radius 3 is 2.39 bits per heavy atom. The number of carbonyl (C=O) groups is 8. The predicted octanol–water partition coefficient (Wildman–Crippen LogP) is 8.99. The van der Waals surface area contributed by atoms with Crippen molar-refractivity contribution in [3.05, 3.63) is 81.4 Å². The summed E-state index contributed by atoms with van der Waals surface area (Å²) in [5.74, 6) is -7.54. The van der Waals surface area contributed by atoms with Gasteiger partial charge in [-0.1, -0.05) is 94.1 Å². The summed E-state index contributed by atoms with van der Waals surface area (Å²) in [6.45, 7) is 10.7. The van der Waals surface area contributed by atoms with Gasteiger partial charge in [0.1, 0.15) is 46.9 Å². The Hall–Kier alpha value is -5.33. The molecule has 5 rings (SSSR count). The number of aliphatic hydroxyl groups is 1. The van der Waals surface area contributed by atoms with Gasteiger partial charge in [0.15, 0.2) is 5.78 Å². The van der Waals surface area contributed by atoms with Gasteiger partial charge in [0.2, 0.25) is 11.8 Å². The predicted molar refractivity (Wildman–Crippen MR) is 314 cm³/mol. The molecule has 0 saturated carbocycles. The first-order valence-corrected chi connectivity index (χ1v) is 30.4. The molecular formula is C59H78Br2ClF2N5O14. The molecule has 2 saturated heterocycles. The van der Waals surface area contributed by atoms with Gasteiger partial charge in [0.05, 0.1) is 53.9 Å². The summed E-state index contributed by atoms with van der Waals surface area (Å²) in [5, 5.41) is 20.5. The first-order chi connectivity index (χ1) is 39.1. The highest BCUT2D eigenvalue weighted by Gasteiger charge is 2.64. The second kappa shape index (κ2) is 31.2. The highest BCUT2D eigenvalue weighted by molar-refractivity contribution is 9.09. The van der Waals surface area contributed by atoms with E-state index in [0.29, 0.717) is 64.7 Å². The molecule has 6 N–H and O–H groups in total. The highest BCUT2D eigenvalue weighted by atomic mass is 79.9. The van der Waals surface area contributed by atoms with E-state index in [0.717, 1.165) is 11.1 Å². The molecule has 83 heavy (non-hydrogen) atoms. The molecule has 2 fully saturated rings. The van der Waals surface area contributed by atoms with Gasteiger partial charge in [-0.3, -0.25) is 34.1 Å². The third-order valence-electron chi connectivity index (χ3n) is 15.5. The molecule has 0 radical (unpaired) electrons. The number of alkyl halides is 2. The van der Waals surface area contributed by atoms with Crippen molar-refractivity contribution >= 4 is 102 Å². The van der Waals surface area contributed by atoms with Crippen LogP contribution in [0.15, 0.2) is 48.1 Å². The summed E-state index contributed by atoms with van der Waals surface area (Å²) in [7, 11) is 2.93. The lowest BCUT2D eigenvalue weighted by Crippen LogP contribution is -2.53. The van der Waals surface area contributed by atoms with Gasteiger partial charge in [0, 0.05) is 74.9 Å². The number of urea groups is 1. The van der Waals surface area contributed by atoms with Crippen LogP contribution in [0.3, 0.4) is 0 Å². The van der Waals surface area contributed by atoms with Gasteiger partial charge in [-0.2, -0.15) is 0 Å². The van der Waals surface area contributed by atoms with Crippen molar-refractivity contribution in [2.24, 2.45) is 29.4 Å². The molecule has 0 unspecified atom stereocenters. The lowest BCUT2D eigenvalue weighted by Gasteiger charge is -2.41. The van der Waals surface area contributed by atoms with Crippen molar-refractivity contribution in [2.45, 2.75) is 160 Å². The Morgan fingerprint density at radius 1 is 1.01 bits per heavy atom. The molecule has 3 aliphatic rings. The number of epoxide rings is 1. The third-order valence-corrected chi connectivity index (χ3v) is 17.6. The number of ether oxygens (including phenoxy) is 5. The Morgan fingerprint density at radius 2 is 1.72 bits per heavy atom. The number of primary amides is 1. The van der Waals surface area contributed by atoms with Crippen molar-refractivity contribution in [1.82, 2.24) is 10.6 Å². The van der Waals surface area contributed by atoms with Crippen LogP contribution in [0.2, 0.25) is 5.02 Å². The van der Waals surface area contributed by atoms with Crippen molar-refractivity contribution in [3.63, 3.8) is 0 Å². The number of halogens is 5. The van der Waals surface area contributed by atoms with Crippen LogP contribution < -0.4 is 26.6 Å². The van der Waals surface area contributed by atoms with Crippen LogP contribution in [0.25, 0.3) is 0 Å². The molecule has 9 atom stereocenters. The lowest BCUT2D eigenvalue weighted by molar-refractivity contribution is -0.187. The maximum Gasteiger partial charge on any atom is 0.412 e. The van der Waals surface area contributed by atoms with Crippen molar-refractivity contribution in [2.75, 3.05) is 48.2 Å². The zero-order chi connectivity index (χ0) is 61.5. The molecular weight excluding hydrogens is 1240 g/mol. The minimum Gasteiger partial charge on any atom is -0.465 e. The number of carbonyl (C=O) groups excluding carboxylic acids is 8. The lowest BCUT2D eigenvalue weighted by atomic mass is 9.78. The molecule has 3 heterocycles. The average Bonchev–Trinajstić information content (AvgIpc) is 1.83. The summed E-state index contributed by atoms with van der Waals surface area (Å²) in [6, 6.07) is 2.94. The Labute approximate surface area is 505 Å². The molecule has 5 amide bonds. The summed E-state index contributed by atoms with van der Waals surface area (Å²) in [5.41, 5.74) is 3.77. The molecule has 458 valence electrons. The van der Waals surface area contributed by atoms with Crippen LogP contribution >= 0.6 is 43.5 Å². The number of hydrogen-bond donors (Lipinski definition) is 5. The maximum absolute atomic E-state index is 16.1. The maximum atomic E-state index is 16.1. The number of hydrogen-bond acceptors (Lipinski definition) is 14. The SMILES string of the molecule is CO[C@@H]1/C=C/C=C(\C)Cc2cc(C)c(Cl)c(c2)N(C)C(=O)C[C@H](OC(=O)Nc2cc(F)c(CC(=O)[C@H](CCCNC(N)=O)NC(=O)[C@@H](CC(=O)CCCCCOC(=O)C(CBr)CBr)C(C)C)cc2F)[C@]2(C)O[C@H]2[C@H](C)[C@@H]2C[C@@]1(O)CC(=O)O2. The molecule has 2 aromatic carbocycles. The first-order valence-electron chi connectivity index (χ1n) is 27.8. The van der Waals surface area contributed by atoms with Gasteiger partial charge in [-0.25, -0.2) is 18.4 Å². The standard InChI is InChI=1S/C59H78Br2ClF2N5O14/c1-32(2)40(25-39(70)15-10-9-11-19-80-55(75)38(30-60)31-61)54(74)67-43(16-13-18-66-56(65)76)46(71)24-37-23-42(64)44(26-41(37)63)68-57(77)82-49-27-50(72)69(7)45-22-36(21-34(4)52(45)62)20-33(3)14-12-17-48(79-8)59(78)28-47(81-51(73)29-59)35(5)53-58(49,6)83-53/h12,14,17,21-23,26,32,35,38,40,43,47-49,53,78H,9-11,13,15-16,18-20,24-25,27-31H2,1-8H3,(H,67,74)(H,68,77)(H3,65,66,76)/b17-12+,33-14+/t35-,40+,43+,47+,48-,49+,53+,58+,59-/m1/s1. The van der Waals surface area contributed by atoms with Crippen molar-refractivity contribution in [1.29, 1.82) is 0 Å². The van der Waals surface area contributed by atoms with Gasteiger partial charge in [0.25, 0.3) is 0 Å². The van der Waals surface area contributed by atoms with E-state index in [4.69, 9.17) is 41.0 Å².